The number of aliphatic hydroxyl groups is 1. The number of amides is 3. The van der Waals surface area contributed by atoms with Gasteiger partial charge in [0.15, 0.2) is 0 Å². The van der Waals surface area contributed by atoms with Crippen molar-refractivity contribution >= 4 is 34.4 Å². The summed E-state index contributed by atoms with van der Waals surface area (Å²) in [6, 6.07) is 8.36. The van der Waals surface area contributed by atoms with Gasteiger partial charge in [-0.25, -0.2) is 9.18 Å². The van der Waals surface area contributed by atoms with Crippen molar-refractivity contribution in [2.75, 3.05) is 33.3 Å². The molecule has 3 heterocycles. The van der Waals surface area contributed by atoms with Gasteiger partial charge in [0.2, 0.25) is 0 Å². The summed E-state index contributed by atoms with van der Waals surface area (Å²) in [5.41, 5.74) is 1.45. The summed E-state index contributed by atoms with van der Waals surface area (Å²) in [6.07, 6.45) is 0.808. The molecule has 190 valence electrons. The zero-order valence-electron chi connectivity index (χ0n) is 20.1. The molecule has 2 aliphatic heterocycles. The maximum Gasteiger partial charge on any atom is 0.328 e. The Labute approximate surface area is 212 Å². The van der Waals surface area contributed by atoms with Crippen molar-refractivity contribution in [3.8, 4) is 5.75 Å². The van der Waals surface area contributed by atoms with Crippen molar-refractivity contribution < 1.29 is 24.2 Å². The molecule has 2 aromatic carbocycles. The molecule has 0 unspecified atom stereocenters. The highest BCUT2D eigenvalue weighted by molar-refractivity contribution is 6.31. The molecular formula is C26H28ClFN4O4. The number of halogens is 2. The molecule has 0 aliphatic carbocycles. The number of nitrogens with one attached hydrogen (secondary N) is 1. The number of aromatic nitrogens is 1. The van der Waals surface area contributed by atoms with Crippen LogP contribution < -0.4 is 0 Å². The van der Waals surface area contributed by atoms with Crippen LogP contribution in [0, 0.1) is 5.82 Å². The number of aliphatic hydroxyl groups excluding tert-OH is 1. The smallest absolute Gasteiger partial charge is 0.328 e. The van der Waals surface area contributed by atoms with Gasteiger partial charge in [-0.15, -0.1) is 0 Å². The number of imide groups is 1. The number of phenols is 1. The van der Waals surface area contributed by atoms with Crippen LogP contribution in [-0.2, 0) is 11.2 Å². The predicted molar refractivity (Wildman–Crippen MR) is 133 cm³/mol. The molecule has 1 saturated heterocycles. The van der Waals surface area contributed by atoms with E-state index in [1.54, 1.807) is 42.2 Å². The van der Waals surface area contributed by atoms with E-state index < -0.39 is 23.4 Å². The number of nitrogens with zero attached hydrogens (tertiary/aromatic N) is 3. The zero-order chi connectivity index (χ0) is 25.8. The molecule has 36 heavy (non-hydrogen) atoms. The third kappa shape index (κ3) is 3.82. The van der Waals surface area contributed by atoms with E-state index in [-0.39, 0.29) is 36.3 Å². The van der Waals surface area contributed by atoms with Gasteiger partial charge in [0.1, 0.15) is 23.1 Å². The molecule has 1 aromatic heterocycles. The molecule has 0 radical (unpaired) electrons. The third-order valence-corrected chi connectivity index (χ3v) is 7.59. The highest BCUT2D eigenvalue weighted by Gasteiger charge is 2.60. The van der Waals surface area contributed by atoms with Crippen LogP contribution in [0.1, 0.15) is 36.2 Å². The minimum absolute atomic E-state index is 0.0201. The van der Waals surface area contributed by atoms with E-state index in [1.807, 2.05) is 11.9 Å². The van der Waals surface area contributed by atoms with Gasteiger partial charge >= 0.3 is 6.03 Å². The standard InChI is InChI=1S/C26H28ClFN4O4/c1-26-14-18-17-12-19(27)20(28)13-21(17)29-22(18)23(15-5-3-6-16(34)11-15)32(26)25(36)31(24(26)35)8-4-7-30(2)9-10-33/h3,5-6,11-13,23,29,33-34H,4,7-10,14H2,1-2H3/t23-,26+/m1/s1. The van der Waals surface area contributed by atoms with E-state index in [1.165, 1.54) is 11.0 Å². The van der Waals surface area contributed by atoms with Crippen LogP contribution in [0.2, 0.25) is 5.02 Å². The van der Waals surface area contributed by atoms with Crippen LogP contribution in [0.3, 0.4) is 0 Å². The topological polar surface area (TPSA) is 100 Å². The summed E-state index contributed by atoms with van der Waals surface area (Å²) in [5, 5.41) is 20.0. The Hall–Kier alpha value is -3.14. The lowest BCUT2D eigenvalue weighted by Gasteiger charge is -2.42. The summed E-state index contributed by atoms with van der Waals surface area (Å²) in [4.78, 5) is 35.6. The highest BCUT2D eigenvalue weighted by Crippen LogP contribution is 2.49. The molecule has 3 aromatic rings. The van der Waals surface area contributed by atoms with Gasteiger partial charge in [-0.1, -0.05) is 23.7 Å². The number of carbonyl (C=O) groups excluding carboxylic acids is 2. The fourth-order valence-corrected chi connectivity index (χ4v) is 5.69. The van der Waals surface area contributed by atoms with Crippen molar-refractivity contribution in [1.82, 2.24) is 19.7 Å². The summed E-state index contributed by atoms with van der Waals surface area (Å²) in [6.45, 7) is 3.18. The number of aromatic amines is 1. The van der Waals surface area contributed by atoms with E-state index in [2.05, 4.69) is 4.98 Å². The van der Waals surface area contributed by atoms with Crippen LogP contribution in [0.15, 0.2) is 36.4 Å². The minimum Gasteiger partial charge on any atom is -0.508 e. The number of phenolic OH excluding ortho intramolecular Hbond substituents is 1. The van der Waals surface area contributed by atoms with E-state index >= 15 is 0 Å². The van der Waals surface area contributed by atoms with E-state index in [0.29, 0.717) is 41.7 Å². The van der Waals surface area contributed by atoms with E-state index in [9.17, 15) is 19.1 Å². The molecule has 0 saturated carbocycles. The van der Waals surface area contributed by atoms with E-state index in [0.717, 1.165) is 5.56 Å². The lowest BCUT2D eigenvalue weighted by Crippen LogP contribution is -2.53. The average Bonchev–Trinajstić information content (AvgIpc) is 3.25. The SMILES string of the molecule is CN(CCO)CCCN1C(=O)N2[C@H](c3cccc(O)c3)c3[nH]c4cc(F)c(Cl)cc4c3C[C@@]2(C)C1=O. The number of rotatable bonds is 7. The van der Waals surface area contributed by atoms with Crippen molar-refractivity contribution in [2.24, 2.45) is 0 Å². The largest absolute Gasteiger partial charge is 0.508 e. The molecule has 8 nitrogen and oxygen atoms in total. The Morgan fingerprint density at radius 3 is 2.75 bits per heavy atom. The lowest BCUT2D eigenvalue weighted by atomic mass is 9.81. The number of urea groups is 1. The Bertz CT molecular complexity index is 1360. The maximum atomic E-state index is 14.3. The van der Waals surface area contributed by atoms with Crippen molar-refractivity contribution in [2.45, 2.75) is 31.3 Å². The molecular weight excluding hydrogens is 487 g/mol. The molecule has 0 bridgehead atoms. The number of hydrogen-bond acceptors (Lipinski definition) is 5. The lowest BCUT2D eigenvalue weighted by molar-refractivity contribution is -0.133. The normalized spacial score (nSPS) is 21.6. The first kappa shape index (κ1) is 24.5. The molecule has 2 aliphatic rings. The first-order valence-electron chi connectivity index (χ1n) is 11.9. The van der Waals surface area contributed by atoms with Gasteiger partial charge in [0, 0.05) is 36.1 Å². The van der Waals surface area contributed by atoms with Crippen LogP contribution in [-0.4, -0.2) is 80.7 Å². The van der Waals surface area contributed by atoms with Crippen LogP contribution in [0.25, 0.3) is 10.9 Å². The minimum atomic E-state index is -1.17. The molecule has 3 N–H and O–H groups in total. The fraction of sp³-hybridized carbons (Fsp3) is 0.385. The monoisotopic (exact) mass is 514 g/mol. The van der Waals surface area contributed by atoms with Crippen molar-refractivity contribution in [3.05, 3.63) is 64.1 Å². The highest BCUT2D eigenvalue weighted by atomic mass is 35.5. The van der Waals surface area contributed by atoms with Crippen LogP contribution >= 0.6 is 11.6 Å². The molecule has 3 amide bonds. The molecule has 5 rings (SSSR count). The van der Waals surface area contributed by atoms with Crippen molar-refractivity contribution in [1.29, 1.82) is 0 Å². The molecule has 1 fully saturated rings. The summed E-state index contributed by atoms with van der Waals surface area (Å²) < 4.78 is 14.3. The first-order valence-corrected chi connectivity index (χ1v) is 12.3. The third-order valence-electron chi connectivity index (χ3n) is 7.30. The number of H-pyrrole nitrogens is 1. The number of benzene rings is 2. The second-order valence-corrected chi connectivity index (χ2v) is 10.2. The summed E-state index contributed by atoms with van der Waals surface area (Å²) in [5.74, 6) is -0.822. The van der Waals surface area contributed by atoms with E-state index in [4.69, 9.17) is 16.7 Å². The maximum absolute atomic E-state index is 14.3. The molecule has 10 heteroatoms. The van der Waals surface area contributed by atoms with Gasteiger partial charge in [0.05, 0.1) is 11.6 Å². The van der Waals surface area contributed by atoms with Crippen molar-refractivity contribution in [3.63, 3.8) is 0 Å². The first-order chi connectivity index (χ1) is 17.2. The van der Waals surface area contributed by atoms with Gasteiger partial charge in [-0.3, -0.25) is 14.6 Å². The van der Waals surface area contributed by atoms with Crippen LogP contribution in [0.5, 0.6) is 5.75 Å². The number of hydrogen-bond donors (Lipinski definition) is 3. The number of likely N-dealkylation sites (N-methyl/N-ethyl adjacent to an activating group) is 1. The quantitative estimate of drug-likeness (QED) is 0.418. The fourth-order valence-electron chi connectivity index (χ4n) is 5.53. The number of fused-ring (bicyclic) bond motifs is 4. The molecule has 0 spiro atoms. The van der Waals surface area contributed by atoms with Gasteiger partial charge < -0.3 is 20.1 Å². The number of carbonyl (C=O) groups is 2. The van der Waals surface area contributed by atoms with Gasteiger partial charge in [-0.05, 0) is 62.3 Å². The Morgan fingerprint density at radius 2 is 2.03 bits per heavy atom. The Kier molecular flexibility index (Phi) is 6.18. The summed E-state index contributed by atoms with van der Waals surface area (Å²) >= 11 is 6.11. The predicted octanol–water partition coefficient (Wildman–Crippen LogP) is 3.65. The zero-order valence-corrected chi connectivity index (χ0v) is 20.8. The second-order valence-electron chi connectivity index (χ2n) is 9.77. The average molecular weight is 515 g/mol. The Balaban J connectivity index is 1.60. The van der Waals surface area contributed by atoms with Gasteiger partial charge in [0.25, 0.3) is 5.91 Å². The Morgan fingerprint density at radius 1 is 1.25 bits per heavy atom. The number of aromatic hydroxyl groups is 1. The van der Waals surface area contributed by atoms with Crippen LogP contribution in [0.4, 0.5) is 9.18 Å². The molecule has 2 atom stereocenters. The van der Waals surface area contributed by atoms with Gasteiger partial charge in [-0.2, -0.15) is 0 Å². The summed E-state index contributed by atoms with van der Waals surface area (Å²) in [7, 11) is 1.87. The second kappa shape index (κ2) is 9.06.